The first-order valence-corrected chi connectivity index (χ1v) is 7.54. The zero-order chi connectivity index (χ0) is 12.1. The summed E-state index contributed by atoms with van der Waals surface area (Å²) in [6.07, 6.45) is 12.4. The van der Waals surface area contributed by atoms with Gasteiger partial charge in [0.1, 0.15) is 0 Å². The summed E-state index contributed by atoms with van der Waals surface area (Å²) < 4.78 is 7.54. The van der Waals surface area contributed by atoms with E-state index in [2.05, 4.69) is 52.7 Å². The third-order valence-corrected chi connectivity index (χ3v) is 3.43. The van der Waals surface area contributed by atoms with E-state index in [1.54, 1.807) is 0 Å². The van der Waals surface area contributed by atoms with E-state index in [1.165, 1.54) is 44.1 Å². The lowest BCUT2D eigenvalue weighted by Gasteiger charge is -1.99. The second-order valence-corrected chi connectivity index (χ2v) is 4.77. The molecule has 0 aromatic heterocycles. The van der Waals surface area contributed by atoms with Crippen molar-refractivity contribution in [1.82, 2.24) is 0 Å². The summed E-state index contributed by atoms with van der Waals surface area (Å²) in [6, 6.07) is 0. The maximum Gasteiger partial charge on any atom is 0.0685 e. The van der Waals surface area contributed by atoms with E-state index in [4.69, 9.17) is 4.74 Å². The molecule has 0 aromatic carbocycles. The summed E-state index contributed by atoms with van der Waals surface area (Å²) in [7, 11) is 0. The summed E-state index contributed by atoms with van der Waals surface area (Å²) >= 11 is 2.24. The van der Waals surface area contributed by atoms with Crippen LogP contribution in [0.15, 0.2) is 21.8 Å². The highest BCUT2D eigenvalue weighted by Gasteiger charge is 1.88. The van der Waals surface area contributed by atoms with Gasteiger partial charge >= 0.3 is 0 Å². The van der Waals surface area contributed by atoms with E-state index in [1.807, 2.05) is 0 Å². The van der Waals surface area contributed by atoms with E-state index in [0.717, 1.165) is 13.2 Å². The Morgan fingerprint density at radius 3 is 2.56 bits per heavy atom. The lowest BCUT2D eigenvalue weighted by molar-refractivity contribution is 0.187. The van der Waals surface area contributed by atoms with Crippen LogP contribution in [0.2, 0.25) is 0 Å². The molecule has 0 aliphatic carbocycles. The van der Waals surface area contributed by atoms with Gasteiger partial charge in [0.15, 0.2) is 0 Å². The van der Waals surface area contributed by atoms with E-state index >= 15 is 0 Å². The first-order chi connectivity index (χ1) is 7.81. The molecule has 0 N–H and O–H groups in total. The average Bonchev–Trinajstić information content (AvgIpc) is 2.31. The summed E-state index contributed by atoms with van der Waals surface area (Å²) in [5.74, 6) is 0. The third kappa shape index (κ3) is 12.2. The SMILES string of the molecule is CCCCCCC/C=C/COC/C(C)=C/I. The summed E-state index contributed by atoms with van der Waals surface area (Å²) in [4.78, 5) is 0. The van der Waals surface area contributed by atoms with Gasteiger partial charge in [-0.15, -0.1) is 0 Å². The van der Waals surface area contributed by atoms with Crippen LogP contribution in [-0.4, -0.2) is 13.2 Å². The van der Waals surface area contributed by atoms with Crippen LogP contribution in [-0.2, 0) is 4.74 Å². The number of ether oxygens (including phenoxy) is 1. The van der Waals surface area contributed by atoms with Crippen LogP contribution in [0.25, 0.3) is 0 Å². The van der Waals surface area contributed by atoms with Crippen molar-refractivity contribution in [3.8, 4) is 0 Å². The minimum atomic E-state index is 0.747. The fourth-order valence-electron chi connectivity index (χ4n) is 1.37. The van der Waals surface area contributed by atoms with Crippen molar-refractivity contribution in [1.29, 1.82) is 0 Å². The molecule has 0 atom stereocenters. The van der Waals surface area contributed by atoms with Crippen LogP contribution < -0.4 is 0 Å². The van der Waals surface area contributed by atoms with Gasteiger partial charge in [-0.25, -0.2) is 0 Å². The van der Waals surface area contributed by atoms with Crippen LogP contribution in [0.1, 0.15) is 52.4 Å². The van der Waals surface area contributed by atoms with Gasteiger partial charge in [0, 0.05) is 0 Å². The summed E-state index contributed by atoms with van der Waals surface area (Å²) in [5.41, 5.74) is 1.29. The van der Waals surface area contributed by atoms with Gasteiger partial charge in [0.2, 0.25) is 0 Å². The predicted octanol–water partition coefficient (Wildman–Crippen LogP) is 5.26. The highest BCUT2D eigenvalue weighted by atomic mass is 127. The van der Waals surface area contributed by atoms with Crippen LogP contribution >= 0.6 is 22.6 Å². The lowest BCUT2D eigenvalue weighted by Crippen LogP contribution is -1.94. The normalized spacial score (nSPS) is 12.6. The second-order valence-electron chi connectivity index (χ2n) is 4.14. The molecule has 1 nitrogen and oxygen atoms in total. The molecule has 94 valence electrons. The molecule has 0 aliphatic rings. The molecular weight excluding hydrogens is 311 g/mol. The van der Waals surface area contributed by atoms with E-state index in [-0.39, 0.29) is 0 Å². The van der Waals surface area contributed by atoms with Crippen LogP contribution in [0.4, 0.5) is 0 Å². The van der Waals surface area contributed by atoms with Crippen molar-refractivity contribution in [2.45, 2.75) is 52.4 Å². The predicted molar refractivity (Wildman–Crippen MR) is 81.1 cm³/mol. The Balaban J connectivity index is 3.16. The maximum atomic E-state index is 5.47. The number of halogens is 1. The van der Waals surface area contributed by atoms with Gasteiger partial charge in [-0.2, -0.15) is 0 Å². The molecule has 0 rings (SSSR count). The molecule has 0 bridgehead atoms. The van der Waals surface area contributed by atoms with Crippen molar-refractivity contribution in [3.63, 3.8) is 0 Å². The molecule has 0 aliphatic heterocycles. The van der Waals surface area contributed by atoms with Gasteiger partial charge < -0.3 is 4.74 Å². The molecule has 0 fully saturated rings. The van der Waals surface area contributed by atoms with Crippen LogP contribution in [0.3, 0.4) is 0 Å². The van der Waals surface area contributed by atoms with E-state index in [9.17, 15) is 0 Å². The fraction of sp³-hybridized carbons (Fsp3) is 0.714. The molecule has 0 amide bonds. The first kappa shape index (κ1) is 16.2. The Bertz CT molecular complexity index is 197. The zero-order valence-electron chi connectivity index (χ0n) is 10.7. The maximum absolute atomic E-state index is 5.47. The number of allylic oxidation sites excluding steroid dienone is 1. The van der Waals surface area contributed by atoms with Gasteiger partial charge in [-0.3, -0.25) is 0 Å². The van der Waals surface area contributed by atoms with Crippen LogP contribution in [0.5, 0.6) is 0 Å². The second kappa shape index (κ2) is 13.2. The number of hydrogen-bond acceptors (Lipinski definition) is 1. The Morgan fingerprint density at radius 1 is 1.12 bits per heavy atom. The van der Waals surface area contributed by atoms with Crippen molar-refractivity contribution >= 4 is 22.6 Å². The number of hydrogen-bond donors (Lipinski definition) is 0. The lowest BCUT2D eigenvalue weighted by atomic mass is 10.1. The quantitative estimate of drug-likeness (QED) is 0.300. The highest BCUT2D eigenvalue weighted by Crippen LogP contribution is 2.05. The Labute approximate surface area is 114 Å². The van der Waals surface area contributed by atoms with Gasteiger partial charge in [-0.1, -0.05) is 67.3 Å². The fourth-order valence-corrected chi connectivity index (χ4v) is 1.55. The molecule has 2 heteroatoms. The Kier molecular flexibility index (Phi) is 13.4. The topological polar surface area (TPSA) is 9.23 Å². The first-order valence-electron chi connectivity index (χ1n) is 6.29. The zero-order valence-corrected chi connectivity index (χ0v) is 12.8. The van der Waals surface area contributed by atoms with Crippen molar-refractivity contribution in [2.24, 2.45) is 0 Å². The smallest absolute Gasteiger partial charge is 0.0685 e. The molecule has 0 radical (unpaired) electrons. The van der Waals surface area contributed by atoms with Gasteiger partial charge in [-0.05, 0) is 29.4 Å². The van der Waals surface area contributed by atoms with Crippen molar-refractivity contribution in [3.05, 3.63) is 21.8 Å². The minimum absolute atomic E-state index is 0.747. The van der Waals surface area contributed by atoms with Gasteiger partial charge in [0.05, 0.1) is 13.2 Å². The van der Waals surface area contributed by atoms with Crippen molar-refractivity contribution < 1.29 is 4.74 Å². The minimum Gasteiger partial charge on any atom is -0.373 e. The summed E-state index contributed by atoms with van der Waals surface area (Å²) in [6.45, 7) is 5.84. The van der Waals surface area contributed by atoms with Gasteiger partial charge in [0.25, 0.3) is 0 Å². The summed E-state index contributed by atoms with van der Waals surface area (Å²) in [5, 5.41) is 0. The molecule has 16 heavy (non-hydrogen) atoms. The Morgan fingerprint density at radius 2 is 1.88 bits per heavy atom. The molecule has 0 aromatic rings. The van der Waals surface area contributed by atoms with E-state index in [0.29, 0.717) is 0 Å². The van der Waals surface area contributed by atoms with Crippen LogP contribution in [0, 0.1) is 0 Å². The largest absolute Gasteiger partial charge is 0.373 e. The van der Waals surface area contributed by atoms with E-state index < -0.39 is 0 Å². The Hall–Kier alpha value is 0.170. The molecule has 0 spiro atoms. The molecule has 0 unspecified atom stereocenters. The highest BCUT2D eigenvalue weighted by molar-refractivity contribution is 14.1. The number of unbranched alkanes of at least 4 members (excludes halogenated alkanes) is 5. The number of rotatable bonds is 10. The van der Waals surface area contributed by atoms with Crippen molar-refractivity contribution in [2.75, 3.05) is 13.2 Å². The molecule has 0 saturated carbocycles. The third-order valence-electron chi connectivity index (χ3n) is 2.37. The molecular formula is C14H25IO. The molecule has 0 heterocycles. The standard InChI is InChI=1S/C14H25IO/c1-3-4-5-6-7-8-9-10-11-16-13-14(2)12-15/h9-10,12H,3-8,11,13H2,1-2H3/b10-9+,14-12+. The monoisotopic (exact) mass is 336 g/mol. The average molecular weight is 336 g/mol. The molecule has 0 saturated heterocycles.